The molecule has 30 heavy (non-hydrogen) atoms. The highest BCUT2D eigenvalue weighted by Crippen LogP contribution is 2.24. The van der Waals surface area contributed by atoms with Crippen LogP contribution in [-0.4, -0.2) is 20.3 Å². The van der Waals surface area contributed by atoms with E-state index in [4.69, 9.17) is 0 Å². The molecule has 3 aromatic heterocycles. The zero-order valence-electron chi connectivity index (χ0n) is 16.0. The van der Waals surface area contributed by atoms with Gasteiger partial charge in [-0.3, -0.25) is 9.78 Å². The number of imidazole rings is 1. The van der Waals surface area contributed by atoms with Gasteiger partial charge >= 0.3 is 0 Å². The first-order chi connectivity index (χ1) is 14.8. The van der Waals surface area contributed by atoms with Gasteiger partial charge in [0.15, 0.2) is 0 Å². The molecule has 5 nitrogen and oxygen atoms in total. The minimum absolute atomic E-state index is 0.148. The molecule has 0 saturated heterocycles. The molecule has 6 heteroatoms. The van der Waals surface area contributed by atoms with Crippen LogP contribution in [0.3, 0.4) is 0 Å². The first kappa shape index (κ1) is 18.4. The quantitative estimate of drug-likeness (QED) is 0.393. The van der Waals surface area contributed by atoms with E-state index in [9.17, 15) is 4.79 Å². The minimum atomic E-state index is -0.148. The molecule has 146 valence electrons. The second-order valence-electron chi connectivity index (χ2n) is 6.85. The van der Waals surface area contributed by atoms with Gasteiger partial charge in [0.25, 0.3) is 5.91 Å². The van der Waals surface area contributed by atoms with Gasteiger partial charge in [0.05, 0.1) is 16.9 Å². The Morgan fingerprint density at radius 3 is 2.70 bits per heavy atom. The molecule has 0 saturated carbocycles. The van der Waals surface area contributed by atoms with E-state index in [0.29, 0.717) is 11.3 Å². The van der Waals surface area contributed by atoms with Crippen molar-refractivity contribution in [3.05, 3.63) is 103 Å². The number of nitrogens with one attached hydrogen (secondary N) is 1. The minimum Gasteiger partial charge on any atom is -0.320 e. The Morgan fingerprint density at radius 1 is 0.967 bits per heavy atom. The van der Waals surface area contributed by atoms with E-state index in [1.54, 1.807) is 18.0 Å². The third-order valence-electron chi connectivity index (χ3n) is 4.80. The van der Waals surface area contributed by atoms with Gasteiger partial charge in [-0.2, -0.15) is 0 Å². The first-order valence-electron chi connectivity index (χ1n) is 9.57. The fourth-order valence-corrected chi connectivity index (χ4v) is 4.10. The maximum absolute atomic E-state index is 12.7. The van der Waals surface area contributed by atoms with E-state index >= 15 is 0 Å². The summed E-state index contributed by atoms with van der Waals surface area (Å²) in [6, 6.07) is 23.2. The number of fused-ring (bicyclic) bond motifs is 2. The number of rotatable bonds is 5. The Hall–Kier alpha value is -3.64. The number of carbonyl (C=O) groups excluding carboxylic acids is 1. The fourth-order valence-electron chi connectivity index (χ4n) is 3.32. The summed E-state index contributed by atoms with van der Waals surface area (Å²) in [7, 11) is 0. The molecule has 3 heterocycles. The molecule has 0 spiro atoms. The van der Waals surface area contributed by atoms with Gasteiger partial charge in [0, 0.05) is 40.2 Å². The number of amides is 1. The molecular formula is C24H18N4OS. The molecule has 0 atom stereocenters. The molecular weight excluding hydrogens is 392 g/mol. The normalized spacial score (nSPS) is 11.1. The number of para-hydroxylation sites is 1. The second-order valence-corrected chi connectivity index (χ2v) is 7.89. The zero-order valence-corrected chi connectivity index (χ0v) is 16.8. The van der Waals surface area contributed by atoms with Gasteiger partial charge in [0.2, 0.25) is 0 Å². The van der Waals surface area contributed by atoms with Crippen molar-refractivity contribution in [2.24, 2.45) is 0 Å². The molecule has 1 N–H and O–H groups in total. The summed E-state index contributed by atoms with van der Waals surface area (Å²) in [5.74, 6) is 0.625. The molecule has 0 aliphatic heterocycles. The van der Waals surface area contributed by atoms with Crippen molar-refractivity contribution in [3.63, 3.8) is 0 Å². The summed E-state index contributed by atoms with van der Waals surface area (Å²) >= 11 is 1.70. The van der Waals surface area contributed by atoms with Gasteiger partial charge < -0.3 is 9.72 Å². The number of carbonyl (C=O) groups is 1. The second kappa shape index (κ2) is 8.00. The van der Waals surface area contributed by atoms with Crippen LogP contribution in [0.25, 0.3) is 16.6 Å². The SMILES string of the molecule is O=C(Nc1cccc2cccnc12)c1ccc(SCc2cn3ccccc3n2)cc1. The Morgan fingerprint density at radius 2 is 1.83 bits per heavy atom. The highest BCUT2D eigenvalue weighted by Gasteiger charge is 2.09. The maximum Gasteiger partial charge on any atom is 0.255 e. The van der Waals surface area contributed by atoms with Crippen molar-refractivity contribution >= 4 is 39.9 Å². The van der Waals surface area contributed by atoms with Crippen molar-refractivity contribution in [1.29, 1.82) is 0 Å². The van der Waals surface area contributed by atoms with Crippen molar-refractivity contribution in [3.8, 4) is 0 Å². The molecule has 1 amide bonds. The van der Waals surface area contributed by atoms with Crippen LogP contribution in [0.5, 0.6) is 0 Å². The van der Waals surface area contributed by atoms with Gasteiger partial charge in [-0.1, -0.05) is 24.3 Å². The molecule has 5 aromatic rings. The highest BCUT2D eigenvalue weighted by molar-refractivity contribution is 7.98. The van der Waals surface area contributed by atoms with E-state index in [-0.39, 0.29) is 5.91 Å². The third-order valence-corrected chi connectivity index (χ3v) is 5.84. The van der Waals surface area contributed by atoms with Gasteiger partial charge in [0.1, 0.15) is 5.65 Å². The number of pyridine rings is 2. The lowest BCUT2D eigenvalue weighted by Crippen LogP contribution is -2.12. The first-order valence-corrected chi connectivity index (χ1v) is 10.6. The average molecular weight is 411 g/mol. The Bertz CT molecular complexity index is 1310. The van der Waals surface area contributed by atoms with Crippen LogP contribution < -0.4 is 5.32 Å². The Kier molecular flexibility index (Phi) is 4.91. The van der Waals surface area contributed by atoms with E-state index in [2.05, 4.69) is 15.3 Å². The van der Waals surface area contributed by atoms with E-state index < -0.39 is 0 Å². The summed E-state index contributed by atoms with van der Waals surface area (Å²) in [6.45, 7) is 0. The number of hydrogen-bond donors (Lipinski definition) is 1. The topological polar surface area (TPSA) is 59.3 Å². The summed E-state index contributed by atoms with van der Waals surface area (Å²) in [6.07, 6.45) is 5.77. The number of benzene rings is 2. The molecule has 0 bridgehead atoms. The van der Waals surface area contributed by atoms with Gasteiger partial charge in [-0.15, -0.1) is 11.8 Å². The van der Waals surface area contributed by atoms with E-state index in [1.807, 2.05) is 89.6 Å². The lowest BCUT2D eigenvalue weighted by atomic mass is 10.1. The van der Waals surface area contributed by atoms with Crippen molar-refractivity contribution in [2.75, 3.05) is 5.32 Å². The molecule has 0 unspecified atom stereocenters. The van der Waals surface area contributed by atoms with Crippen LogP contribution in [0, 0.1) is 0 Å². The summed E-state index contributed by atoms with van der Waals surface area (Å²) in [4.78, 5) is 22.8. The van der Waals surface area contributed by atoms with Crippen LogP contribution in [0.4, 0.5) is 5.69 Å². The van der Waals surface area contributed by atoms with Gasteiger partial charge in [-0.05, 0) is 48.5 Å². The highest BCUT2D eigenvalue weighted by atomic mass is 32.2. The number of anilines is 1. The Balaban J connectivity index is 1.26. The van der Waals surface area contributed by atoms with Crippen LogP contribution in [0.15, 0.2) is 96.3 Å². The molecule has 5 rings (SSSR count). The van der Waals surface area contributed by atoms with Crippen LogP contribution in [0.2, 0.25) is 0 Å². The number of hydrogen-bond acceptors (Lipinski definition) is 4. The number of thioether (sulfide) groups is 1. The fraction of sp³-hybridized carbons (Fsp3) is 0.0417. The van der Waals surface area contributed by atoms with Crippen molar-refractivity contribution in [1.82, 2.24) is 14.4 Å². The summed E-state index contributed by atoms with van der Waals surface area (Å²) in [5, 5.41) is 3.97. The largest absolute Gasteiger partial charge is 0.320 e. The third kappa shape index (κ3) is 3.77. The molecule has 2 aromatic carbocycles. The van der Waals surface area contributed by atoms with Crippen LogP contribution >= 0.6 is 11.8 Å². The summed E-state index contributed by atoms with van der Waals surface area (Å²) < 4.78 is 2.02. The Labute approximate surface area is 177 Å². The average Bonchev–Trinajstić information content (AvgIpc) is 3.21. The lowest BCUT2D eigenvalue weighted by Gasteiger charge is -2.08. The van der Waals surface area contributed by atoms with Crippen LogP contribution in [-0.2, 0) is 5.75 Å². The number of aromatic nitrogens is 3. The van der Waals surface area contributed by atoms with Crippen molar-refractivity contribution in [2.45, 2.75) is 10.6 Å². The number of nitrogens with zero attached hydrogens (tertiary/aromatic N) is 3. The smallest absolute Gasteiger partial charge is 0.255 e. The molecule has 0 fully saturated rings. The van der Waals surface area contributed by atoms with Crippen molar-refractivity contribution < 1.29 is 4.79 Å². The molecule has 0 aliphatic rings. The van der Waals surface area contributed by atoms with E-state index in [1.165, 1.54) is 0 Å². The monoisotopic (exact) mass is 410 g/mol. The zero-order chi connectivity index (χ0) is 20.3. The van der Waals surface area contributed by atoms with E-state index in [0.717, 1.165) is 32.9 Å². The summed E-state index contributed by atoms with van der Waals surface area (Å²) in [5.41, 5.74) is 4.08. The van der Waals surface area contributed by atoms with Crippen LogP contribution in [0.1, 0.15) is 16.1 Å². The lowest BCUT2D eigenvalue weighted by molar-refractivity contribution is 0.102. The standard InChI is InChI=1S/C24H18N4OS/c29-24(27-21-7-3-5-17-6-4-13-25-23(17)21)18-9-11-20(12-10-18)30-16-19-15-28-14-2-1-8-22(28)26-19/h1-15H,16H2,(H,27,29). The molecule has 0 aliphatic carbocycles. The molecule has 0 radical (unpaired) electrons. The van der Waals surface area contributed by atoms with Gasteiger partial charge in [-0.25, -0.2) is 4.98 Å². The predicted molar refractivity (Wildman–Crippen MR) is 121 cm³/mol. The predicted octanol–water partition coefficient (Wildman–Crippen LogP) is 5.43. The maximum atomic E-state index is 12.7.